The molecule has 0 amide bonds. The zero-order valence-corrected chi connectivity index (χ0v) is 8.66. The number of hydrogen-bond acceptors (Lipinski definition) is 3. The Morgan fingerprint density at radius 1 is 1.31 bits per heavy atom. The molecule has 1 N–H and O–H groups in total. The van der Waals surface area contributed by atoms with Crippen LogP contribution in [0.5, 0.6) is 0 Å². The van der Waals surface area contributed by atoms with Crippen LogP contribution >= 0.6 is 0 Å². The van der Waals surface area contributed by atoms with Crippen molar-refractivity contribution in [1.29, 1.82) is 0 Å². The third kappa shape index (κ3) is 3.32. The Hall–Kier alpha value is -0.610. The van der Waals surface area contributed by atoms with E-state index in [-0.39, 0.29) is 0 Å². The Morgan fingerprint density at radius 2 is 1.69 bits per heavy atom. The summed E-state index contributed by atoms with van der Waals surface area (Å²) in [6.07, 6.45) is -0.681. The lowest BCUT2D eigenvalue weighted by atomic mass is 9.93. The SMILES string of the molecule is CCOC(OCC)C(C)(C)C(=O)O. The summed E-state index contributed by atoms with van der Waals surface area (Å²) in [5.41, 5.74) is -1.01. The molecule has 0 aliphatic rings. The molecule has 4 heteroatoms. The maximum Gasteiger partial charge on any atom is 0.314 e. The van der Waals surface area contributed by atoms with Crippen molar-refractivity contribution >= 4 is 5.97 Å². The zero-order chi connectivity index (χ0) is 10.5. The number of carboxylic acids is 1. The molecule has 0 spiro atoms. The van der Waals surface area contributed by atoms with Crippen LogP contribution < -0.4 is 0 Å². The third-order valence-electron chi connectivity index (χ3n) is 1.78. The fourth-order valence-electron chi connectivity index (χ4n) is 0.868. The quantitative estimate of drug-likeness (QED) is 0.645. The molecule has 0 atom stereocenters. The highest BCUT2D eigenvalue weighted by Crippen LogP contribution is 2.24. The van der Waals surface area contributed by atoms with E-state index in [0.29, 0.717) is 13.2 Å². The summed E-state index contributed by atoms with van der Waals surface area (Å²) in [5, 5.41) is 8.90. The molecule has 78 valence electrons. The van der Waals surface area contributed by atoms with E-state index in [0.717, 1.165) is 0 Å². The van der Waals surface area contributed by atoms with Gasteiger partial charge in [0.05, 0.1) is 0 Å². The molecule has 0 rings (SSSR count). The Balaban J connectivity index is 4.41. The summed E-state index contributed by atoms with van der Waals surface area (Å²) in [6, 6.07) is 0. The first kappa shape index (κ1) is 12.4. The highest BCUT2D eigenvalue weighted by molar-refractivity contribution is 5.74. The molecule has 0 saturated carbocycles. The van der Waals surface area contributed by atoms with Gasteiger partial charge in [0, 0.05) is 13.2 Å². The summed E-state index contributed by atoms with van der Waals surface area (Å²) < 4.78 is 10.4. The minimum Gasteiger partial charge on any atom is -0.481 e. The second kappa shape index (κ2) is 5.19. The Morgan fingerprint density at radius 3 is 1.92 bits per heavy atom. The lowest BCUT2D eigenvalue weighted by Crippen LogP contribution is -2.41. The summed E-state index contributed by atoms with van der Waals surface area (Å²) >= 11 is 0. The minimum absolute atomic E-state index is 0.446. The van der Waals surface area contributed by atoms with E-state index in [1.54, 1.807) is 13.8 Å². The van der Waals surface area contributed by atoms with Crippen molar-refractivity contribution < 1.29 is 19.4 Å². The van der Waals surface area contributed by atoms with Crippen molar-refractivity contribution in [3.8, 4) is 0 Å². The van der Waals surface area contributed by atoms with Gasteiger partial charge in [0.1, 0.15) is 5.41 Å². The topological polar surface area (TPSA) is 55.8 Å². The second-order valence-corrected chi connectivity index (χ2v) is 3.27. The van der Waals surface area contributed by atoms with Crippen LogP contribution in [-0.2, 0) is 14.3 Å². The van der Waals surface area contributed by atoms with Gasteiger partial charge >= 0.3 is 5.97 Å². The van der Waals surface area contributed by atoms with Gasteiger partial charge in [-0.05, 0) is 27.7 Å². The maximum absolute atomic E-state index is 10.9. The van der Waals surface area contributed by atoms with Crippen LogP contribution in [0.25, 0.3) is 0 Å². The molecule has 0 aromatic heterocycles. The summed E-state index contributed by atoms with van der Waals surface area (Å²) in [5.74, 6) is -0.917. The normalized spacial score (nSPS) is 12.1. The Labute approximate surface area is 78.8 Å². The van der Waals surface area contributed by atoms with E-state index < -0.39 is 17.7 Å². The molecular formula is C9H18O4. The molecule has 0 saturated heterocycles. The summed E-state index contributed by atoms with van der Waals surface area (Å²) in [6.45, 7) is 7.69. The average Bonchev–Trinajstić information content (AvgIpc) is 2.03. The molecule has 13 heavy (non-hydrogen) atoms. The smallest absolute Gasteiger partial charge is 0.314 e. The number of ether oxygens (including phenoxy) is 2. The van der Waals surface area contributed by atoms with Crippen LogP contribution in [0.4, 0.5) is 0 Å². The van der Waals surface area contributed by atoms with Gasteiger partial charge in [-0.15, -0.1) is 0 Å². The molecule has 0 aliphatic heterocycles. The van der Waals surface area contributed by atoms with E-state index >= 15 is 0 Å². The van der Waals surface area contributed by atoms with Crippen molar-refractivity contribution in [3.05, 3.63) is 0 Å². The second-order valence-electron chi connectivity index (χ2n) is 3.27. The van der Waals surface area contributed by atoms with E-state index in [1.807, 2.05) is 13.8 Å². The fourth-order valence-corrected chi connectivity index (χ4v) is 0.868. The Bertz CT molecular complexity index is 159. The summed E-state index contributed by atoms with van der Waals surface area (Å²) in [4.78, 5) is 10.9. The molecule has 0 fully saturated rings. The van der Waals surface area contributed by atoms with Crippen molar-refractivity contribution in [2.75, 3.05) is 13.2 Å². The van der Waals surface area contributed by atoms with Crippen LogP contribution in [0, 0.1) is 5.41 Å². The molecule has 0 aromatic rings. The first-order chi connectivity index (χ1) is 5.96. The van der Waals surface area contributed by atoms with Gasteiger partial charge < -0.3 is 14.6 Å². The van der Waals surface area contributed by atoms with E-state index in [9.17, 15) is 4.79 Å². The lowest BCUT2D eigenvalue weighted by molar-refractivity contribution is -0.207. The van der Waals surface area contributed by atoms with Gasteiger partial charge in [-0.2, -0.15) is 0 Å². The van der Waals surface area contributed by atoms with Gasteiger partial charge in [0.2, 0.25) is 0 Å². The highest BCUT2D eigenvalue weighted by atomic mass is 16.7. The molecule has 4 nitrogen and oxygen atoms in total. The van der Waals surface area contributed by atoms with Crippen LogP contribution in [-0.4, -0.2) is 30.6 Å². The van der Waals surface area contributed by atoms with Gasteiger partial charge in [-0.3, -0.25) is 4.79 Å². The summed E-state index contributed by atoms with van der Waals surface area (Å²) in [7, 11) is 0. The van der Waals surface area contributed by atoms with E-state index in [4.69, 9.17) is 14.6 Å². The van der Waals surface area contributed by atoms with Gasteiger partial charge in [-0.1, -0.05) is 0 Å². The number of hydrogen-bond donors (Lipinski definition) is 1. The average molecular weight is 190 g/mol. The van der Waals surface area contributed by atoms with E-state index in [2.05, 4.69) is 0 Å². The van der Waals surface area contributed by atoms with E-state index in [1.165, 1.54) is 0 Å². The first-order valence-corrected chi connectivity index (χ1v) is 4.43. The lowest BCUT2D eigenvalue weighted by Gasteiger charge is -2.29. The zero-order valence-electron chi connectivity index (χ0n) is 8.66. The monoisotopic (exact) mass is 190 g/mol. The third-order valence-corrected chi connectivity index (χ3v) is 1.78. The highest BCUT2D eigenvalue weighted by Gasteiger charge is 2.38. The number of rotatable bonds is 6. The Kier molecular flexibility index (Phi) is 4.95. The number of carboxylic acid groups (broad SMARTS) is 1. The van der Waals surface area contributed by atoms with Crippen LogP contribution in [0.2, 0.25) is 0 Å². The molecular weight excluding hydrogens is 172 g/mol. The van der Waals surface area contributed by atoms with Crippen molar-refractivity contribution in [2.24, 2.45) is 5.41 Å². The van der Waals surface area contributed by atoms with Crippen molar-refractivity contribution in [1.82, 2.24) is 0 Å². The number of aliphatic carboxylic acids is 1. The standard InChI is InChI=1S/C9H18O4/c1-5-12-8(13-6-2)9(3,4)7(10)11/h8H,5-6H2,1-4H3,(H,10,11). The molecule has 0 bridgehead atoms. The number of carbonyl (C=O) groups is 1. The van der Waals surface area contributed by atoms with Gasteiger partial charge in [0.15, 0.2) is 6.29 Å². The molecule has 0 unspecified atom stereocenters. The first-order valence-electron chi connectivity index (χ1n) is 4.43. The van der Waals surface area contributed by atoms with Gasteiger partial charge in [-0.25, -0.2) is 0 Å². The van der Waals surface area contributed by atoms with Crippen molar-refractivity contribution in [3.63, 3.8) is 0 Å². The van der Waals surface area contributed by atoms with Crippen LogP contribution in [0.3, 0.4) is 0 Å². The predicted molar refractivity (Wildman–Crippen MR) is 48.5 cm³/mol. The van der Waals surface area contributed by atoms with Crippen LogP contribution in [0.15, 0.2) is 0 Å². The van der Waals surface area contributed by atoms with Gasteiger partial charge in [0.25, 0.3) is 0 Å². The molecule has 0 aromatic carbocycles. The predicted octanol–water partition coefficient (Wildman–Crippen LogP) is 1.50. The largest absolute Gasteiger partial charge is 0.481 e. The van der Waals surface area contributed by atoms with Crippen LogP contribution in [0.1, 0.15) is 27.7 Å². The minimum atomic E-state index is -1.01. The van der Waals surface area contributed by atoms with Crippen molar-refractivity contribution in [2.45, 2.75) is 34.0 Å². The molecule has 0 radical (unpaired) electrons. The fraction of sp³-hybridized carbons (Fsp3) is 0.889. The molecule has 0 aliphatic carbocycles. The maximum atomic E-state index is 10.9. The molecule has 0 heterocycles.